The highest BCUT2D eigenvalue weighted by molar-refractivity contribution is 5.77. The SMILES string of the molecule is C=Cc1cc(C)nc2no[n+]([O-])c12. The number of aryl methyl sites for hydroxylation is 1. The summed E-state index contributed by atoms with van der Waals surface area (Å²) in [4.78, 5) is 4.36. The van der Waals surface area contributed by atoms with Gasteiger partial charge in [0.25, 0.3) is 5.52 Å². The predicted molar refractivity (Wildman–Crippen MR) is 45.6 cm³/mol. The molecule has 0 unspecified atom stereocenters. The normalized spacial score (nSPS) is 10.5. The molecular formula is C8H7N3O2. The van der Waals surface area contributed by atoms with E-state index in [-0.39, 0.29) is 0 Å². The Bertz CT molecular complexity index is 475. The smallest absolute Gasteiger partial charge is 0.341 e. The van der Waals surface area contributed by atoms with Crippen LogP contribution in [0.2, 0.25) is 0 Å². The summed E-state index contributed by atoms with van der Waals surface area (Å²) < 4.78 is 4.41. The van der Waals surface area contributed by atoms with E-state index in [0.717, 1.165) is 5.69 Å². The van der Waals surface area contributed by atoms with Gasteiger partial charge in [0.05, 0.1) is 5.16 Å². The molecular weight excluding hydrogens is 170 g/mol. The van der Waals surface area contributed by atoms with Gasteiger partial charge in [-0.3, -0.25) is 4.63 Å². The van der Waals surface area contributed by atoms with Crippen molar-refractivity contribution >= 4 is 17.2 Å². The van der Waals surface area contributed by atoms with E-state index in [4.69, 9.17) is 0 Å². The summed E-state index contributed by atoms with van der Waals surface area (Å²) in [5.74, 6) is 0. The first-order chi connectivity index (χ1) is 6.22. The molecule has 0 N–H and O–H groups in total. The van der Waals surface area contributed by atoms with Crippen LogP contribution in [0, 0.1) is 12.1 Å². The average molecular weight is 177 g/mol. The Morgan fingerprint density at radius 1 is 1.69 bits per heavy atom. The molecule has 0 aliphatic carbocycles. The van der Waals surface area contributed by atoms with Gasteiger partial charge in [-0.2, -0.15) is 0 Å². The van der Waals surface area contributed by atoms with Gasteiger partial charge in [0, 0.05) is 11.3 Å². The molecule has 0 aliphatic rings. The number of hydrogen-bond acceptors (Lipinski definition) is 4. The second kappa shape index (κ2) is 2.55. The first kappa shape index (κ1) is 7.72. The van der Waals surface area contributed by atoms with E-state index in [1.165, 1.54) is 0 Å². The maximum atomic E-state index is 11.1. The van der Waals surface area contributed by atoms with Crippen molar-refractivity contribution in [2.45, 2.75) is 6.92 Å². The van der Waals surface area contributed by atoms with Gasteiger partial charge >= 0.3 is 5.65 Å². The third kappa shape index (κ3) is 1.05. The van der Waals surface area contributed by atoms with Gasteiger partial charge in [0.15, 0.2) is 0 Å². The average Bonchev–Trinajstić information content (AvgIpc) is 2.46. The van der Waals surface area contributed by atoms with Crippen LogP contribution in [0.3, 0.4) is 0 Å². The molecule has 0 amide bonds. The molecule has 2 aromatic rings. The fourth-order valence-corrected chi connectivity index (χ4v) is 1.20. The van der Waals surface area contributed by atoms with Crippen LogP contribution in [0.4, 0.5) is 0 Å². The van der Waals surface area contributed by atoms with Crippen LogP contribution in [0.25, 0.3) is 17.2 Å². The standard InChI is InChI=1S/C8H7N3O2/c1-3-6-4-5(2)9-8-7(6)11(12)13-10-8/h3-4H,1H2,2H3. The molecule has 5 nitrogen and oxygen atoms in total. The molecule has 0 radical (unpaired) electrons. The number of pyridine rings is 1. The first-order valence-electron chi connectivity index (χ1n) is 3.72. The Morgan fingerprint density at radius 3 is 3.15 bits per heavy atom. The van der Waals surface area contributed by atoms with Crippen molar-refractivity contribution in [1.82, 2.24) is 10.1 Å². The van der Waals surface area contributed by atoms with Gasteiger partial charge in [-0.15, -0.1) is 0 Å². The minimum absolute atomic E-state index is 0.310. The minimum atomic E-state index is 0.310. The topological polar surface area (TPSA) is 65.9 Å². The van der Waals surface area contributed by atoms with Crippen molar-refractivity contribution < 1.29 is 9.53 Å². The van der Waals surface area contributed by atoms with Crippen LogP contribution >= 0.6 is 0 Å². The summed E-state index contributed by atoms with van der Waals surface area (Å²) in [7, 11) is 0. The molecule has 0 aliphatic heterocycles. The number of fused-ring (bicyclic) bond motifs is 1. The molecule has 0 fully saturated rings. The summed E-state index contributed by atoms with van der Waals surface area (Å²) in [6, 6.07) is 1.75. The van der Waals surface area contributed by atoms with E-state index in [1.54, 1.807) is 12.1 Å². The Morgan fingerprint density at radius 2 is 2.46 bits per heavy atom. The van der Waals surface area contributed by atoms with Crippen LogP contribution in [-0.2, 0) is 0 Å². The van der Waals surface area contributed by atoms with Gasteiger partial charge in [-0.1, -0.05) is 12.7 Å². The molecule has 2 aromatic heterocycles. The fourth-order valence-electron chi connectivity index (χ4n) is 1.20. The Kier molecular flexibility index (Phi) is 1.51. The minimum Gasteiger partial charge on any atom is -0.359 e. The lowest BCUT2D eigenvalue weighted by Crippen LogP contribution is -2.23. The molecule has 0 saturated heterocycles. The van der Waals surface area contributed by atoms with Crippen LogP contribution in [0.15, 0.2) is 17.3 Å². The summed E-state index contributed by atoms with van der Waals surface area (Å²) in [6.07, 6.45) is 1.57. The maximum absolute atomic E-state index is 11.1. The summed E-state index contributed by atoms with van der Waals surface area (Å²) in [5, 5.41) is 14.6. The molecule has 0 bridgehead atoms. The van der Waals surface area contributed by atoms with Gasteiger partial charge in [-0.05, 0) is 17.9 Å². The van der Waals surface area contributed by atoms with Crippen molar-refractivity contribution in [1.29, 1.82) is 0 Å². The Labute approximate surface area is 73.8 Å². The third-order valence-electron chi connectivity index (χ3n) is 1.74. The van der Waals surface area contributed by atoms with Crippen molar-refractivity contribution in [2.75, 3.05) is 0 Å². The number of nitrogens with zero attached hydrogens (tertiary/aromatic N) is 3. The zero-order valence-electron chi connectivity index (χ0n) is 7.02. The predicted octanol–water partition coefficient (Wildman–Crippen LogP) is 0.808. The van der Waals surface area contributed by atoms with Crippen LogP contribution in [0.1, 0.15) is 11.3 Å². The molecule has 0 atom stereocenters. The number of hydrogen-bond donors (Lipinski definition) is 0. The monoisotopic (exact) mass is 177 g/mol. The zero-order valence-corrected chi connectivity index (χ0v) is 7.02. The first-order valence-corrected chi connectivity index (χ1v) is 3.72. The van der Waals surface area contributed by atoms with Gasteiger partial charge in [0.2, 0.25) is 0 Å². The van der Waals surface area contributed by atoms with E-state index in [9.17, 15) is 5.21 Å². The lowest BCUT2D eigenvalue weighted by Gasteiger charge is -1.94. The fraction of sp³-hybridized carbons (Fsp3) is 0.125. The highest BCUT2D eigenvalue weighted by Crippen LogP contribution is 2.13. The molecule has 66 valence electrons. The van der Waals surface area contributed by atoms with Crippen molar-refractivity contribution in [3.63, 3.8) is 0 Å². The Hall–Kier alpha value is -1.91. The Balaban J connectivity index is 2.92. The molecule has 2 heterocycles. The summed E-state index contributed by atoms with van der Waals surface area (Å²) >= 11 is 0. The molecule has 5 heteroatoms. The van der Waals surface area contributed by atoms with Crippen LogP contribution < -0.4 is 4.90 Å². The van der Waals surface area contributed by atoms with Crippen LogP contribution in [-0.4, -0.2) is 10.1 Å². The zero-order chi connectivity index (χ0) is 9.42. The lowest BCUT2D eigenvalue weighted by atomic mass is 10.2. The largest absolute Gasteiger partial charge is 0.359 e. The van der Waals surface area contributed by atoms with Gasteiger partial charge in [-0.25, -0.2) is 4.98 Å². The maximum Gasteiger partial charge on any atom is 0.341 e. The number of rotatable bonds is 1. The third-order valence-corrected chi connectivity index (χ3v) is 1.74. The molecule has 0 aromatic carbocycles. The lowest BCUT2D eigenvalue weighted by molar-refractivity contribution is -0.782. The summed E-state index contributed by atoms with van der Waals surface area (Å²) in [6.45, 7) is 5.41. The quantitative estimate of drug-likeness (QED) is 0.604. The molecule has 2 rings (SSSR count). The highest BCUT2D eigenvalue weighted by Gasteiger charge is 2.14. The molecule has 0 saturated carbocycles. The highest BCUT2D eigenvalue weighted by atomic mass is 16.8. The van der Waals surface area contributed by atoms with Crippen molar-refractivity contribution in [3.05, 3.63) is 29.1 Å². The van der Waals surface area contributed by atoms with Crippen molar-refractivity contribution in [2.24, 2.45) is 0 Å². The van der Waals surface area contributed by atoms with Crippen molar-refractivity contribution in [3.8, 4) is 0 Å². The molecule has 0 spiro atoms. The second-order valence-electron chi connectivity index (χ2n) is 2.66. The summed E-state index contributed by atoms with van der Waals surface area (Å²) in [5.41, 5.74) is 2.08. The van der Waals surface area contributed by atoms with E-state index < -0.39 is 0 Å². The number of aromatic nitrogens is 3. The van der Waals surface area contributed by atoms with Crippen LogP contribution in [0.5, 0.6) is 0 Å². The molecule has 13 heavy (non-hydrogen) atoms. The van der Waals surface area contributed by atoms with E-state index in [2.05, 4.69) is 21.3 Å². The van der Waals surface area contributed by atoms with E-state index in [0.29, 0.717) is 21.6 Å². The second-order valence-corrected chi connectivity index (χ2v) is 2.66. The van der Waals surface area contributed by atoms with E-state index >= 15 is 0 Å². The van der Waals surface area contributed by atoms with Gasteiger partial charge < -0.3 is 5.21 Å². The van der Waals surface area contributed by atoms with E-state index in [1.807, 2.05) is 6.92 Å². The van der Waals surface area contributed by atoms with Gasteiger partial charge in [0.1, 0.15) is 0 Å².